The molecule has 2 rings (SSSR count). The number of hydrogen-bond donors (Lipinski definition) is 2. The molecule has 0 aromatic carbocycles. The number of hydrogen-bond acceptors (Lipinski definition) is 4. The summed E-state index contributed by atoms with van der Waals surface area (Å²) in [5.74, 6) is 0.397. The Morgan fingerprint density at radius 2 is 1.88 bits per heavy atom. The van der Waals surface area contributed by atoms with E-state index in [0.29, 0.717) is 18.8 Å². The molecule has 1 heterocycles. The second-order valence-corrected chi connectivity index (χ2v) is 5.00. The van der Waals surface area contributed by atoms with Crippen LogP contribution in [0.3, 0.4) is 0 Å². The minimum Gasteiger partial charge on any atom is -0.390 e. The highest BCUT2D eigenvalue weighted by Crippen LogP contribution is 2.27. The standard InChI is InChI=1S/C12H22O4/c1-8(9-3-2-6-15-7-9)16-12-10(13)4-5-11(12)14/h8-14H,2-7H2,1H3. The normalized spacial score (nSPS) is 42.2. The highest BCUT2D eigenvalue weighted by atomic mass is 16.5. The Balaban J connectivity index is 1.83. The Morgan fingerprint density at radius 1 is 1.19 bits per heavy atom. The first-order valence-electron chi connectivity index (χ1n) is 6.28. The van der Waals surface area contributed by atoms with E-state index in [1.165, 1.54) is 0 Å². The molecule has 0 amide bonds. The van der Waals surface area contributed by atoms with Crippen LogP contribution in [0.5, 0.6) is 0 Å². The average molecular weight is 230 g/mol. The minimum absolute atomic E-state index is 0.0488. The van der Waals surface area contributed by atoms with Crippen molar-refractivity contribution in [1.82, 2.24) is 0 Å². The molecule has 0 bridgehead atoms. The first kappa shape index (κ1) is 12.3. The lowest BCUT2D eigenvalue weighted by molar-refractivity contribution is -0.127. The second kappa shape index (κ2) is 5.45. The SMILES string of the molecule is CC(OC1C(O)CCC1O)C1CCCOC1. The summed E-state index contributed by atoms with van der Waals surface area (Å²) in [5, 5.41) is 19.4. The van der Waals surface area contributed by atoms with Crippen molar-refractivity contribution in [2.24, 2.45) is 5.92 Å². The topological polar surface area (TPSA) is 58.9 Å². The summed E-state index contributed by atoms with van der Waals surface area (Å²) in [6.07, 6.45) is 2.08. The van der Waals surface area contributed by atoms with Crippen LogP contribution in [0, 0.1) is 5.92 Å². The lowest BCUT2D eigenvalue weighted by Gasteiger charge is -2.31. The molecule has 1 saturated carbocycles. The highest BCUT2D eigenvalue weighted by Gasteiger charge is 2.37. The summed E-state index contributed by atoms with van der Waals surface area (Å²) in [7, 11) is 0. The third-order valence-electron chi connectivity index (χ3n) is 3.75. The minimum atomic E-state index is -0.512. The smallest absolute Gasteiger partial charge is 0.110 e. The van der Waals surface area contributed by atoms with Gasteiger partial charge in [-0.3, -0.25) is 0 Å². The van der Waals surface area contributed by atoms with Crippen molar-refractivity contribution in [3.05, 3.63) is 0 Å². The maximum Gasteiger partial charge on any atom is 0.110 e. The monoisotopic (exact) mass is 230 g/mol. The van der Waals surface area contributed by atoms with Gasteiger partial charge >= 0.3 is 0 Å². The fraction of sp³-hybridized carbons (Fsp3) is 1.00. The van der Waals surface area contributed by atoms with E-state index in [0.717, 1.165) is 26.1 Å². The van der Waals surface area contributed by atoms with Crippen molar-refractivity contribution in [2.45, 2.75) is 57.0 Å². The van der Waals surface area contributed by atoms with Crippen molar-refractivity contribution in [3.63, 3.8) is 0 Å². The molecule has 4 unspecified atom stereocenters. The molecule has 0 aromatic heterocycles. The molecule has 0 aromatic rings. The van der Waals surface area contributed by atoms with E-state index in [4.69, 9.17) is 9.47 Å². The van der Waals surface area contributed by atoms with Gasteiger partial charge in [0.1, 0.15) is 6.10 Å². The second-order valence-electron chi connectivity index (χ2n) is 5.00. The van der Waals surface area contributed by atoms with Crippen LogP contribution in [-0.2, 0) is 9.47 Å². The quantitative estimate of drug-likeness (QED) is 0.749. The Morgan fingerprint density at radius 3 is 2.44 bits per heavy atom. The van der Waals surface area contributed by atoms with E-state index in [1.54, 1.807) is 0 Å². The predicted molar refractivity (Wildman–Crippen MR) is 59.1 cm³/mol. The van der Waals surface area contributed by atoms with E-state index in [-0.39, 0.29) is 6.10 Å². The van der Waals surface area contributed by atoms with Crippen LogP contribution in [0.2, 0.25) is 0 Å². The molecule has 2 aliphatic rings. The fourth-order valence-corrected chi connectivity index (χ4v) is 2.60. The molecule has 1 saturated heterocycles. The molecule has 0 spiro atoms. The van der Waals surface area contributed by atoms with Gasteiger partial charge < -0.3 is 19.7 Å². The van der Waals surface area contributed by atoms with Crippen LogP contribution >= 0.6 is 0 Å². The summed E-state index contributed by atoms with van der Waals surface area (Å²) in [6, 6.07) is 0. The molecule has 94 valence electrons. The molecule has 2 fully saturated rings. The predicted octanol–water partition coefficient (Wildman–Crippen LogP) is 0.702. The van der Waals surface area contributed by atoms with E-state index < -0.39 is 18.3 Å². The number of aliphatic hydroxyl groups is 2. The van der Waals surface area contributed by atoms with E-state index in [1.807, 2.05) is 6.92 Å². The number of ether oxygens (including phenoxy) is 2. The average Bonchev–Trinajstić information content (AvgIpc) is 2.62. The van der Waals surface area contributed by atoms with E-state index in [2.05, 4.69) is 0 Å². The molecule has 1 aliphatic heterocycles. The Bertz CT molecular complexity index is 205. The Hall–Kier alpha value is -0.160. The zero-order valence-electron chi connectivity index (χ0n) is 9.84. The number of rotatable bonds is 3. The lowest BCUT2D eigenvalue weighted by Crippen LogP contribution is -2.39. The lowest BCUT2D eigenvalue weighted by atomic mass is 9.96. The summed E-state index contributed by atoms with van der Waals surface area (Å²) in [4.78, 5) is 0. The maximum absolute atomic E-state index is 9.69. The van der Waals surface area contributed by atoms with Gasteiger partial charge in [0.2, 0.25) is 0 Å². The highest BCUT2D eigenvalue weighted by molar-refractivity contribution is 4.87. The van der Waals surface area contributed by atoms with Gasteiger partial charge in [-0.1, -0.05) is 0 Å². The van der Waals surface area contributed by atoms with Crippen LogP contribution in [0.4, 0.5) is 0 Å². The maximum atomic E-state index is 9.69. The molecule has 16 heavy (non-hydrogen) atoms. The van der Waals surface area contributed by atoms with Crippen LogP contribution in [0.25, 0.3) is 0 Å². The number of aliphatic hydroxyl groups excluding tert-OH is 2. The summed E-state index contributed by atoms with van der Waals surface area (Å²) >= 11 is 0. The zero-order chi connectivity index (χ0) is 11.5. The van der Waals surface area contributed by atoms with E-state index >= 15 is 0 Å². The summed E-state index contributed by atoms with van der Waals surface area (Å²) < 4.78 is 11.2. The van der Waals surface area contributed by atoms with Gasteiger partial charge in [-0.25, -0.2) is 0 Å². The third-order valence-corrected chi connectivity index (χ3v) is 3.75. The molecule has 4 nitrogen and oxygen atoms in total. The van der Waals surface area contributed by atoms with Gasteiger partial charge in [-0.05, 0) is 32.6 Å². The van der Waals surface area contributed by atoms with Crippen LogP contribution < -0.4 is 0 Å². The van der Waals surface area contributed by atoms with Gasteiger partial charge in [0.05, 0.1) is 24.9 Å². The van der Waals surface area contributed by atoms with Gasteiger partial charge in [-0.2, -0.15) is 0 Å². The van der Waals surface area contributed by atoms with Gasteiger partial charge in [-0.15, -0.1) is 0 Å². The first-order chi connectivity index (χ1) is 7.68. The van der Waals surface area contributed by atoms with Crippen molar-refractivity contribution in [2.75, 3.05) is 13.2 Å². The zero-order valence-corrected chi connectivity index (χ0v) is 9.84. The molecular formula is C12H22O4. The molecule has 0 radical (unpaired) electrons. The fourth-order valence-electron chi connectivity index (χ4n) is 2.60. The van der Waals surface area contributed by atoms with Gasteiger partial charge in [0.15, 0.2) is 0 Å². The van der Waals surface area contributed by atoms with Crippen LogP contribution in [0.15, 0.2) is 0 Å². The summed E-state index contributed by atoms with van der Waals surface area (Å²) in [6.45, 7) is 3.59. The summed E-state index contributed by atoms with van der Waals surface area (Å²) in [5.41, 5.74) is 0. The van der Waals surface area contributed by atoms with Crippen LogP contribution in [0.1, 0.15) is 32.6 Å². The molecule has 1 aliphatic carbocycles. The molecular weight excluding hydrogens is 208 g/mol. The van der Waals surface area contributed by atoms with Gasteiger partial charge in [0, 0.05) is 12.5 Å². The van der Waals surface area contributed by atoms with Crippen molar-refractivity contribution < 1.29 is 19.7 Å². The van der Waals surface area contributed by atoms with Gasteiger partial charge in [0.25, 0.3) is 0 Å². The largest absolute Gasteiger partial charge is 0.390 e. The molecule has 4 heteroatoms. The molecule has 4 atom stereocenters. The Kier molecular flexibility index (Phi) is 4.19. The molecule has 2 N–H and O–H groups in total. The van der Waals surface area contributed by atoms with Crippen molar-refractivity contribution >= 4 is 0 Å². The van der Waals surface area contributed by atoms with Crippen molar-refractivity contribution in [3.8, 4) is 0 Å². The van der Waals surface area contributed by atoms with E-state index in [9.17, 15) is 10.2 Å². The Labute approximate surface area is 96.6 Å². The third kappa shape index (κ3) is 2.74. The van der Waals surface area contributed by atoms with Crippen LogP contribution in [-0.4, -0.2) is 47.8 Å². The van der Waals surface area contributed by atoms with Crippen molar-refractivity contribution in [1.29, 1.82) is 0 Å². The first-order valence-corrected chi connectivity index (χ1v) is 6.28.